The Kier molecular flexibility index (Phi) is 6.01. The lowest BCUT2D eigenvalue weighted by Gasteiger charge is -2.26. The fraction of sp³-hybridized carbons (Fsp3) is 0.130. The highest BCUT2D eigenvalue weighted by Gasteiger charge is 2.30. The number of fused-ring (bicyclic) bond motifs is 1. The molecule has 34 heavy (non-hydrogen) atoms. The summed E-state index contributed by atoms with van der Waals surface area (Å²) in [6, 6.07) is 12.6. The van der Waals surface area contributed by atoms with Gasteiger partial charge in [0.2, 0.25) is 5.96 Å². The molecule has 4 rings (SSSR count). The van der Waals surface area contributed by atoms with Crippen molar-refractivity contribution in [2.45, 2.75) is 12.6 Å². The van der Waals surface area contributed by atoms with Crippen molar-refractivity contribution in [3.63, 3.8) is 0 Å². The topological polar surface area (TPSA) is 167 Å². The lowest BCUT2D eigenvalue weighted by molar-refractivity contribution is 0.279. The molecule has 0 radical (unpaired) electrons. The van der Waals surface area contributed by atoms with Gasteiger partial charge in [-0.05, 0) is 23.8 Å². The number of nitrogen functional groups attached to an aromatic ring is 2. The molecule has 0 aliphatic carbocycles. The van der Waals surface area contributed by atoms with Gasteiger partial charge in [-0.2, -0.15) is 10.5 Å². The van der Waals surface area contributed by atoms with Crippen LogP contribution in [0.1, 0.15) is 28.3 Å². The van der Waals surface area contributed by atoms with E-state index in [4.69, 9.17) is 26.2 Å². The number of aromatic nitrogens is 1. The number of anilines is 3. The zero-order valence-corrected chi connectivity index (χ0v) is 18.0. The van der Waals surface area contributed by atoms with Gasteiger partial charge in [-0.25, -0.2) is 14.4 Å². The molecule has 0 fully saturated rings. The highest BCUT2D eigenvalue weighted by atomic mass is 19.1. The van der Waals surface area contributed by atoms with Crippen LogP contribution >= 0.6 is 0 Å². The number of hydrogen-bond acceptors (Lipinski definition) is 10. The predicted molar refractivity (Wildman–Crippen MR) is 123 cm³/mol. The van der Waals surface area contributed by atoms with Crippen LogP contribution in [0.25, 0.3) is 0 Å². The number of aliphatic imine (C=N–C) groups is 1. The van der Waals surface area contributed by atoms with Crippen molar-refractivity contribution in [3.05, 3.63) is 70.5 Å². The third-order valence-corrected chi connectivity index (χ3v) is 5.20. The van der Waals surface area contributed by atoms with Crippen molar-refractivity contribution in [2.75, 3.05) is 23.9 Å². The Hall–Kier alpha value is -5.03. The normalized spacial score (nSPS) is 14.0. The molecular formula is C23H19FN8O2. The molecule has 0 bridgehead atoms. The molecule has 1 aliphatic heterocycles. The molecule has 0 saturated carbocycles. The standard InChI is InChI=1S/C23H19FN8O2/c1-33-16-7-6-12(8-17(16)34-10-13-4-2-3-5-15(13)24)20-18-19(27)14(9-25)21(28)31-22(18)32-23(30-20)29-11-26/h2-8,20H,10H2,1H3,(H6,27,28,29,30,31,32). The van der Waals surface area contributed by atoms with Crippen LogP contribution in [0.3, 0.4) is 0 Å². The third-order valence-electron chi connectivity index (χ3n) is 5.20. The van der Waals surface area contributed by atoms with Gasteiger partial charge in [0.05, 0.1) is 12.8 Å². The highest BCUT2D eigenvalue weighted by Crippen LogP contribution is 2.42. The monoisotopic (exact) mass is 458 g/mol. The first-order valence-electron chi connectivity index (χ1n) is 9.99. The molecule has 3 aromatic rings. The van der Waals surface area contributed by atoms with E-state index in [1.54, 1.807) is 42.6 Å². The number of nitriles is 2. The Morgan fingerprint density at radius 2 is 1.97 bits per heavy atom. The number of guanidine groups is 1. The number of ether oxygens (including phenoxy) is 2. The second kappa shape index (κ2) is 9.22. The summed E-state index contributed by atoms with van der Waals surface area (Å²) in [5.74, 6) is 0.719. The predicted octanol–water partition coefficient (Wildman–Crippen LogP) is 2.79. The van der Waals surface area contributed by atoms with Gasteiger partial charge >= 0.3 is 0 Å². The molecule has 1 aromatic heterocycles. The molecule has 0 amide bonds. The quantitative estimate of drug-likeness (QED) is 0.332. The van der Waals surface area contributed by atoms with E-state index < -0.39 is 6.04 Å². The molecule has 6 N–H and O–H groups in total. The second-order valence-electron chi connectivity index (χ2n) is 7.19. The third kappa shape index (κ3) is 4.06. The Labute approximate surface area is 194 Å². The molecule has 11 heteroatoms. The summed E-state index contributed by atoms with van der Waals surface area (Å²) in [6.45, 7) is -0.0292. The Balaban J connectivity index is 1.79. The van der Waals surface area contributed by atoms with Gasteiger partial charge in [-0.1, -0.05) is 24.3 Å². The minimum atomic E-state index is -0.756. The van der Waals surface area contributed by atoms with Gasteiger partial charge in [-0.3, -0.25) is 5.32 Å². The Bertz CT molecular complexity index is 1380. The Morgan fingerprint density at radius 3 is 2.68 bits per heavy atom. The number of nitrogens with one attached hydrogen (secondary N) is 2. The summed E-state index contributed by atoms with van der Waals surface area (Å²) >= 11 is 0. The summed E-state index contributed by atoms with van der Waals surface area (Å²) < 4.78 is 25.3. The molecule has 2 aromatic carbocycles. The minimum absolute atomic E-state index is 0.0292. The molecule has 170 valence electrons. The second-order valence-corrected chi connectivity index (χ2v) is 7.19. The van der Waals surface area contributed by atoms with Gasteiger partial charge in [0.1, 0.15) is 41.7 Å². The number of hydrogen-bond donors (Lipinski definition) is 4. The van der Waals surface area contributed by atoms with E-state index in [9.17, 15) is 9.65 Å². The smallest absolute Gasteiger partial charge is 0.211 e. The van der Waals surface area contributed by atoms with Crippen LogP contribution in [0.2, 0.25) is 0 Å². The zero-order valence-electron chi connectivity index (χ0n) is 18.0. The first-order valence-corrected chi connectivity index (χ1v) is 9.99. The number of rotatable bonds is 5. The van der Waals surface area contributed by atoms with Crippen molar-refractivity contribution in [1.82, 2.24) is 10.3 Å². The summed E-state index contributed by atoms with van der Waals surface area (Å²) in [5, 5.41) is 23.8. The van der Waals surface area contributed by atoms with Crippen LogP contribution in [0.5, 0.6) is 11.5 Å². The maximum atomic E-state index is 14.0. The number of benzene rings is 2. The SMILES string of the molecule is COc1ccc(C2N=C(NC#N)Nc3nc(N)c(C#N)c(N)c32)cc1OCc1ccccc1F. The van der Waals surface area contributed by atoms with Crippen LogP contribution in [0, 0.1) is 28.6 Å². The molecule has 1 aliphatic rings. The summed E-state index contributed by atoms with van der Waals surface area (Å²) in [4.78, 5) is 8.76. The summed E-state index contributed by atoms with van der Waals surface area (Å²) in [7, 11) is 1.49. The van der Waals surface area contributed by atoms with Gasteiger partial charge in [0, 0.05) is 11.1 Å². The molecule has 2 heterocycles. The molecule has 0 saturated heterocycles. The van der Waals surface area contributed by atoms with E-state index in [0.717, 1.165) is 0 Å². The van der Waals surface area contributed by atoms with E-state index in [1.165, 1.54) is 13.2 Å². The molecule has 10 nitrogen and oxygen atoms in total. The van der Waals surface area contributed by atoms with E-state index in [1.807, 2.05) is 6.07 Å². The molecule has 1 unspecified atom stereocenters. The maximum Gasteiger partial charge on any atom is 0.211 e. The van der Waals surface area contributed by atoms with Gasteiger partial charge in [-0.15, -0.1) is 0 Å². The zero-order chi connectivity index (χ0) is 24.2. The number of pyridine rings is 1. The van der Waals surface area contributed by atoms with Crippen LogP contribution in [0.15, 0.2) is 47.5 Å². The van der Waals surface area contributed by atoms with Crippen LogP contribution < -0.4 is 31.6 Å². The van der Waals surface area contributed by atoms with Crippen molar-refractivity contribution in [3.8, 4) is 23.8 Å². The fourth-order valence-electron chi connectivity index (χ4n) is 3.57. The molecule has 1 atom stereocenters. The molecule has 0 spiro atoms. The van der Waals surface area contributed by atoms with E-state index in [2.05, 4.69) is 20.6 Å². The first kappa shape index (κ1) is 22.2. The lowest BCUT2D eigenvalue weighted by atomic mass is 9.95. The summed E-state index contributed by atoms with van der Waals surface area (Å²) in [5.41, 5.74) is 13.7. The minimum Gasteiger partial charge on any atom is -0.493 e. The average Bonchev–Trinajstić information content (AvgIpc) is 2.83. The van der Waals surface area contributed by atoms with Crippen LogP contribution in [-0.2, 0) is 6.61 Å². The summed E-state index contributed by atoms with van der Waals surface area (Å²) in [6.07, 6.45) is 1.80. The lowest BCUT2D eigenvalue weighted by Crippen LogP contribution is -2.32. The van der Waals surface area contributed by atoms with Gasteiger partial charge in [0.15, 0.2) is 17.7 Å². The number of halogens is 1. The number of methoxy groups -OCH3 is 1. The van der Waals surface area contributed by atoms with Crippen molar-refractivity contribution >= 4 is 23.3 Å². The van der Waals surface area contributed by atoms with E-state index in [-0.39, 0.29) is 41.3 Å². The highest BCUT2D eigenvalue weighted by molar-refractivity contribution is 5.98. The maximum absolute atomic E-state index is 14.0. The average molecular weight is 458 g/mol. The fourth-order valence-corrected chi connectivity index (χ4v) is 3.57. The van der Waals surface area contributed by atoms with Crippen molar-refractivity contribution in [2.24, 2.45) is 4.99 Å². The van der Waals surface area contributed by atoms with E-state index in [0.29, 0.717) is 28.2 Å². The van der Waals surface area contributed by atoms with Gasteiger partial charge < -0.3 is 26.3 Å². The van der Waals surface area contributed by atoms with Crippen LogP contribution in [0.4, 0.5) is 21.7 Å². The van der Waals surface area contributed by atoms with Crippen molar-refractivity contribution < 1.29 is 13.9 Å². The number of nitrogens with zero attached hydrogens (tertiary/aromatic N) is 4. The Morgan fingerprint density at radius 1 is 1.18 bits per heavy atom. The largest absolute Gasteiger partial charge is 0.493 e. The van der Waals surface area contributed by atoms with Gasteiger partial charge in [0.25, 0.3) is 0 Å². The van der Waals surface area contributed by atoms with Crippen LogP contribution in [-0.4, -0.2) is 18.1 Å². The number of nitrogens with two attached hydrogens (primary N) is 2. The van der Waals surface area contributed by atoms with Crippen molar-refractivity contribution in [1.29, 1.82) is 10.5 Å². The first-order chi connectivity index (χ1) is 16.5. The van der Waals surface area contributed by atoms with E-state index >= 15 is 0 Å². The molecular weight excluding hydrogens is 439 g/mol.